The number of hydrogen-bond donors (Lipinski definition) is 2. The van der Waals surface area contributed by atoms with Crippen molar-refractivity contribution < 1.29 is 4.79 Å². The van der Waals surface area contributed by atoms with Gasteiger partial charge in [-0.3, -0.25) is 10.1 Å². The zero-order valence-corrected chi connectivity index (χ0v) is 18.1. The van der Waals surface area contributed by atoms with Crippen molar-refractivity contribution in [2.45, 2.75) is 19.8 Å². The van der Waals surface area contributed by atoms with Gasteiger partial charge in [0.15, 0.2) is 5.13 Å². The Bertz CT molecular complexity index is 1170. The molecule has 1 fully saturated rings. The van der Waals surface area contributed by atoms with Gasteiger partial charge in [0.05, 0.1) is 0 Å². The van der Waals surface area contributed by atoms with Crippen molar-refractivity contribution in [1.82, 2.24) is 15.0 Å². The molecule has 156 valence electrons. The molecular weight excluding hydrogens is 406 g/mol. The maximum atomic E-state index is 13.0. The fourth-order valence-corrected chi connectivity index (χ4v) is 4.37. The predicted octanol–water partition coefficient (Wildman–Crippen LogP) is 5.36. The number of carbonyl (C=O) groups is 1. The Kier molecular flexibility index (Phi) is 5.26. The Balaban J connectivity index is 1.50. The van der Waals surface area contributed by atoms with E-state index in [1.165, 1.54) is 29.9 Å². The number of thiazole rings is 1. The van der Waals surface area contributed by atoms with Crippen molar-refractivity contribution in [3.05, 3.63) is 71.4 Å². The van der Waals surface area contributed by atoms with Crippen LogP contribution in [0.25, 0.3) is 22.6 Å². The van der Waals surface area contributed by atoms with Crippen LogP contribution in [0.3, 0.4) is 0 Å². The second-order valence-electron chi connectivity index (χ2n) is 7.71. The molecule has 0 spiro atoms. The number of nitrogens with one attached hydrogen (secondary N) is 2. The number of hydrogen-bond acceptors (Lipinski definition) is 5. The number of imidazole rings is 1. The zero-order chi connectivity index (χ0) is 21.2. The number of aromatic amines is 1. The molecule has 2 aromatic heterocycles. The summed E-state index contributed by atoms with van der Waals surface area (Å²) >= 11 is 1.38. The van der Waals surface area contributed by atoms with Crippen LogP contribution >= 0.6 is 11.3 Å². The third-order valence-electron chi connectivity index (χ3n) is 5.52. The molecule has 0 radical (unpaired) electrons. The third kappa shape index (κ3) is 4.09. The lowest BCUT2D eigenvalue weighted by atomic mass is 10.1. The zero-order valence-electron chi connectivity index (χ0n) is 17.3. The van der Waals surface area contributed by atoms with Crippen molar-refractivity contribution in [3.63, 3.8) is 0 Å². The average molecular weight is 430 g/mol. The number of amides is 1. The normalized spacial score (nSPS) is 13.5. The van der Waals surface area contributed by atoms with Crippen molar-refractivity contribution in [2.24, 2.45) is 0 Å². The van der Waals surface area contributed by atoms with E-state index in [0.29, 0.717) is 22.3 Å². The molecule has 0 atom stereocenters. The van der Waals surface area contributed by atoms with Crippen molar-refractivity contribution in [3.8, 4) is 22.6 Å². The Morgan fingerprint density at radius 3 is 2.42 bits per heavy atom. The van der Waals surface area contributed by atoms with Gasteiger partial charge >= 0.3 is 0 Å². The Hall–Kier alpha value is -3.45. The van der Waals surface area contributed by atoms with E-state index in [9.17, 15) is 4.79 Å². The number of aromatic nitrogens is 3. The number of nitrogens with zero attached hydrogens (tertiary/aromatic N) is 3. The molecule has 7 heteroatoms. The van der Waals surface area contributed by atoms with Crippen LogP contribution in [0, 0.1) is 6.92 Å². The molecule has 6 nitrogen and oxygen atoms in total. The van der Waals surface area contributed by atoms with Gasteiger partial charge in [0, 0.05) is 41.5 Å². The summed E-state index contributed by atoms with van der Waals surface area (Å²) in [4.78, 5) is 27.6. The van der Waals surface area contributed by atoms with E-state index >= 15 is 0 Å². The summed E-state index contributed by atoms with van der Waals surface area (Å²) in [6.07, 6.45) is 4.16. The highest BCUT2D eigenvalue weighted by atomic mass is 32.1. The van der Waals surface area contributed by atoms with E-state index in [1.54, 1.807) is 6.20 Å². The first kappa shape index (κ1) is 19.5. The second-order valence-corrected chi connectivity index (χ2v) is 8.60. The molecule has 0 bridgehead atoms. The van der Waals surface area contributed by atoms with Crippen LogP contribution in [0.1, 0.15) is 28.9 Å². The van der Waals surface area contributed by atoms with E-state index in [1.807, 2.05) is 36.6 Å². The summed E-state index contributed by atoms with van der Waals surface area (Å²) in [5.41, 5.74) is 5.29. The highest BCUT2D eigenvalue weighted by Gasteiger charge is 2.21. The molecule has 1 aliphatic heterocycles. The molecule has 5 rings (SSSR count). The van der Waals surface area contributed by atoms with Crippen molar-refractivity contribution in [2.75, 3.05) is 23.3 Å². The Labute approximate surface area is 185 Å². The smallest absolute Gasteiger partial charge is 0.276 e. The van der Waals surface area contributed by atoms with E-state index in [-0.39, 0.29) is 5.91 Å². The van der Waals surface area contributed by atoms with E-state index < -0.39 is 0 Å². The quantitative estimate of drug-likeness (QED) is 0.448. The van der Waals surface area contributed by atoms with Crippen LogP contribution < -0.4 is 10.2 Å². The molecule has 1 aliphatic rings. The van der Waals surface area contributed by atoms with Gasteiger partial charge in [0.25, 0.3) is 5.91 Å². The third-order valence-corrected chi connectivity index (χ3v) is 6.21. The van der Waals surface area contributed by atoms with Gasteiger partial charge < -0.3 is 9.88 Å². The molecule has 4 aromatic rings. The molecule has 1 amide bonds. The summed E-state index contributed by atoms with van der Waals surface area (Å²) in [5, 5.41) is 5.25. The molecule has 2 N–H and O–H groups in total. The largest absolute Gasteiger partial charge is 0.372 e. The maximum Gasteiger partial charge on any atom is 0.276 e. The fourth-order valence-electron chi connectivity index (χ4n) is 3.84. The molecule has 0 aliphatic carbocycles. The molecule has 0 saturated carbocycles. The summed E-state index contributed by atoms with van der Waals surface area (Å²) in [6.45, 7) is 4.26. The van der Waals surface area contributed by atoms with Crippen LogP contribution in [0.5, 0.6) is 0 Å². The maximum absolute atomic E-state index is 13.0. The van der Waals surface area contributed by atoms with Gasteiger partial charge in [-0.25, -0.2) is 9.97 Å². The van der Waals surface area contributed by atoms with Crippen LogP contribution in [0.15, 0.2) is 60.1 Å². The highest BCUT2D eigenvalue weighted by molar-refractivity contribution is 7.13. The number of rotatable bonds is 5. The minimum absolute atomic E-state index is 0.252. The van der Waals surface area contributed by atoms with Crippen molar-refractivity contribution >= 4 is 28.1 Å². The van der Waals surface area contributed by atoms with Gasteiger partial charge in [-0.2, -0.15) is 0 Å². The fraction of sp³-hybridized carbons (Fsp3) is 0.208. The molecule has 3 heterocycles. The minimum atomic E-state index is -0.252. The van der Waals surface area contributed by atoms with Crippen molar-refractivity contribution in [1.29, 1.82) is 0 Å². The monoisotopic (exact) mass is 429 g/mol. The van der Waals surface area contributed by atoms with E-state index in [2.05, 4.69) is 44.5 Å². The number of benzene rings is 2. The lowest BCUT2D eigenvalue weighted by molar-refractivity contribution is 0.102. The topological polar surface area (TPSA) is 73.9 Å². The molecular formula is C24H23N5OS. The molecule has 2 aromatic carbocycles. The van der Waals surface area contributed by atoms with Crippen LogP contribution in [-0.2, 0) is 0 Å². The first-order chi connectivity index (χ1) is 15.2. The number of carbonyl (C=O) groups excluding carboxylic acids is 1. The van der Waals surface area contributed by atoms with Gasteiger partial charge in [-0.05, 0) is 44.0 Å². The minimum Gasteiger partial charge on any atom is -0.372 e. The predicted molar refractivity (Wildman–Crippen MR) is 126 cm³/mol. The molecule has 1 saturated heterocycles. The molecule has 31 heavy (non-hydrogen) atoms. The average Bonchev–Trinajstić information content (AvgIpc) is 3.56. The van der Waals surface area contributed by atoms with E-state index in [4.69, 9.17) is 4.98 Å². The standard InChI is InChI=1S/C24H23N5OS/c1-16-4-6-17(7-5-16)20-21(23(30)28-24-25-12-15-31-24)27-22(26-20)18-8-10-19(11-9-18)29-13-2-3-14-29/h4-12,15H,2-3,13-14H2,1H3,(H,26,27)(H,25,28,30). The number of anilines is 2. The second kappa shape index (κ2) is 8.35. The van der Waals surface area contributed by atoms with E-state index in [0.717, 1.165) is 29.8 Å². The van der Waals surface area contributed by atoms with Gasteiger partial charge in [-0.15, -0.1) is 11.3 Å². The van der Waals surface area contributed by atoms with Gasteiger partial charge in [0.1, 0.15) is 17.2 Å². The lowest BCUT2D eigenvalue weighted by Crippen LogP contribution is -2.17. The summed E-state index contributed by atoms with van der Waals surface area (Å²) < 4.78 is 0. The summed E-state index contributed by atoms with van der Waals surface area (Å²) in [5.74, 6) is 0.422. The number of H-pyrrole nitrogens is 1. The SMILES string of the molecule is Cc1ccc(-c2nc(-c3ccc(N4CCCC4)cc3)[nH]c2C(=O)Nc2nccs2)cc1. The molecule has 0 unspecified atom stereocenters. The summed E-state index contributed by atoms with van der Waals surface area (Å²) in [6, 6.07) is 16.4. The summed E-state index contributed by atoms with van der Waals surface area (Å²) in [7, 11) is 0. The van der Waals surface area contributed by atoms with Crippen LogP contribution in [0.4, 0.5) is 10.8 Å². The van der Waals surface area contributed by atoms with Gasteiger partial charge in [-0.1, -0.05) is 29.8 Å². The van der Waals surface area contributed by atoms with Gasteiger partial charge in [0.2, 0.25) is 0 Å². The first-order valence-electron chi connectivity index (χ1n) is 10.4. The first-order valence-corrected chi connectivity index (χ1v) is 11.3. The lowest BCUT2D eigenvalue weighted by Gasteiger charge is -2.17. The highest BCUT2D eigenvalue weighted by Crippen LogP contribution is 2.29. The van der Waals surface area contributed by atoms with Crippen LogP contribution in [-0.4, -0.2) is 33.9 Å². The Morgan fingerprint density at radius 1 is 1.03 bits per heavy atom. The number of aryl methyl sites for hydroxylation is 1. The Morgan fingerprint density at radius 2 is 1.74 bits per heavy atom. The van der Waals surface area contributed by atoms with Crippen LogP contribution in [0.2, 0.25) is 0 Å².